The van der Waals surface area contributed by atoms with Crippen molar-refractivity contribution >= 4 is 39.3 Å². The molecule has 3 aromatic carbocycles. The predicted molar refractivity (Wildman–Crippen MR) is 134 cm³/mol. The molecule has 172 valence electrons. The van der Waals surface area contributed by atoms with Crippen molar-refractivity contribution in [3.63, 3.8) is 0 Å². The smallest absolute Gasteiger partial charge is 0.261 e. The summed E-state index contributed by atoms with van der Waals surface area (Å²) in [4.78, 5) is 14.3. The van der Waals surface area contributed by atoms with E-state index in [1.54, 1.807) is 42.5 Å². The largest absolute Gasteiger partial charge is 0.351 e. The molecule has 8 heteroatoms. The van der Waals surface area contributed by atoms with Crippen LogP contribution in [0.3, 0.4) is 0 Å². The average molecular weight is 484 g/mol. The van der Waals surface area contributed by atoms with Gasteiger partial charge in [-0.05, 0) is 48.5 Å². The second-order valence-electron chi connectivity index (χ2n) is 7.50. The third kappa shape index (κ3) is 7.75. The first-order valence-electron chi connectivity index (χ1n) is 10.4. The minimum atomic E-state index is -3.77. The average Bonchev–Trinajstić information content (AvgIpc) is 2.80. The molecule has 0 aliphatic rings. The number of nitrogens with zero attached hydrogens (tertiary/aromatic N) is 1. The summed E-state index contributed by atoms with van der Waals surface area (Å²) in [5.41, 5.74) is 2.25. The summed E-state index contributed by atoms with van der Waals surface area (Å²) in [6.07, 6.45) is 3.07. The van der Waals surface area contributed by atoms with Crippen molar-refractivity contribution in [1.29, 1.82) is 0 Å². The molecule has 2 N–H and O–H groups in total. The van der Waals surface area contributed by atoms with Crippen LogP contribution < -0.4 is 10.0 Å². The van der Waals surface area contributed by atoms with Gasteiger partial charge in [-0.2, -0.15) is 0 Å². The standard InChI is InChI=1S/C25H26ClN3O3S/c1-29(19-21-7-3-2-4-8-21)18-17-27-25(30)16-13-20-11-14-22(15-12-20)33(31,32)28-24-10-6-5-9-23(24)26/h2-16,28H,17-19H2,1H3,(H,27,30)/b16-13+. The molecule has 0 aliphatic heterocycles. The van der Waals surface area contributed by atoms with Gasteiger partial charge in [-0.15, -0.1) is 0 Å². The van der Waals surface area contributed by atoms with E-state index in [1.807, 2.05) is 25.2 Å². The predicted octanol–water partition coefficient (Wildman–Crippen LogP) is 4.40. The SMILES string of the molecule is CN(CCNC(=O)/C=C/c1ccc(S(=O)(=O)Nc2ccccc2Cl)cc1)Cc1ccccc1. The summed E-state index contributed by atoms with van der Waals surface area (Å²) in [6.45, 7) is 2.06. The number of sulfonamides is 1. The van der Waals surface area contributed by atoms with E-state index in [0.717, 1.165) is 13.1 Å². The summed E-state index contributed by atoms with van der Waals surface area (Å²) < 4.78 is 27.6. The maximum Gasteiger partial charge on any atom is 0.261 e. The topological polar surface area (TPSA) is 78.5 Å². The maximum absolute atomic E-state index is 12.6. The van der Waals surface area contributed by atoms with Gasteiger partial charge in [0.1, 0.15) is 0 Å². The van der Waals surface area contributed by atoms with Crippen LogP contribution in [-0.4, -0.2) is 39.4 Å². The van der Waals surface area contributed by atoms with Gasteiger partial charge in [0.05, 0.1) is 15.6 Å². The summed E-state index contributed by atoms with van der Waals surface area (Å²) in [5, 5.41) is 3.17. The summed E-state index contributed by atoms with van der Waals surface area (Å²) >= 11 is 6.03. The Balaban J connectivity index is 1.48. The molecular weight excluding hydrogens is 458 g/mol. The van der Waals surface area contributed by atoms with Crippen LogP contribution in [0.4, 0.5) is 5.69 Å². The summed E-state index contributed by atoms with van der Waals surface area (Å²) in [6, 6.07) is 23.0. The quantitative estimate of drug-likeness (QED) is 0.419. The highest BCUT2D eigenvalue weighted by Crippen LogP contribution is 2.24. The highest BCUT2D eigenvalue weighted by Gasteiger charge is 2.15. The van der Waals surface area contributed by atoms with Crippen LogP contribution in [-0.2, 0) is 21.4 Å². The summed E-state index contributed by atoms with van der Waals surface area (Å²) in [5.74, 6) is -0.208. The van der Waals surface area contributed by atoms with Crippen molar-refractivity contribution in [3.8, 4) is 0 Å². The van der Waals surface area contributed by atoms with Crippen LogP contribution >= 0.6 is 11.6 Å². The number of amides is 1. The minimum Gasteiger partial charge on any atom is -0.351 e. The highest BCUT2D eigenvalue weighted by molar-refractivity contribution is 7.92. The molecule has 33 heavy (non-hydrogen) atoms. The van der Waals surface area contributed by atoms with E-state index in [2.05, 4.69) is 27.1 Å². The van der Waals surface area contributed by atoms with Gasteiger partial charge in [0.2, 0.25) is 5.91 Å². The third-order valence-electron chi connectivity index (χ3n) is 4.82. The van der Waals surface area contributed by atoms with E-state index < -0.39 is 10.0 Å². The number of likely N-dealkylation sites (N-methyl/N-ethyl adjacent to an activating group) is 1. The molecule has 3 aromatic rings. The van der Waals surface area contributed by atoms with Crippen molar-refractivity contribution in [2.75, 3.05) is 24.9 Å². The van der Waals surface area contributed by atoms with Gasteiger partial charge >= 0.3 is 0 Å². The molecule has 3 rings (SSSR count). The summed E-state index contributed by atoms with van der Waals surface area (Å²) in [7, 11) is -1.76. The Morgan fingerprint density at radius 2 is 1.64 bits per heavy atom. The lowest BCUT2D eigenvalue weighted by Gasteiger charge is -2.16. The van der Waals surface area contributed by atoms with Crippen LogP contribution in [0.25, 0.3) is 6.08 Å². The van der Waals surface area contributed by atoms with E-state index in [9.17, 15) is 13.2 Å². The molecule has 0 heterocycles. The lowest BCUT2D eigenvalue weighted by molar-refractivity contribution is -0.116. The van der Waals surface area contributed by atoms with Crippen molar-refractivity contribution in [1.82, 2.24) is 10.2 Å². The van der Waals surface area contributed by atoms with E-state index in [0.29, 0.717) is 22.8 Å². The molecule has 0 fully saturated rings. The van der Waals surface area contributed by atoms with Crippen molar-refractivity contribution in [2.24, 2.45) is 0 Å². The monoisotopic (exact) mass is 483 g/mol. The number of benzene rings is 3. The number of halogens is 1. The zero-order chi connectivity index (χ0) is 23.7. The van der Waals surface area contributed by atoms with E-state index in [1.165, 1.54) is 23.8 Å². The van der Waals surface area contributed by atoms with Crippen LogP contribution in [0, 0.1) is 0 Å². The van der Waals surface area contributed by atoms with E-state index >= 15 is 0 Å². The lowest BCUT2D eigenvalue weighted by Crippen LogP contribution is -2.31. The maximum atomic E-state index is 12.6. The highest BCUT2D eigenvalue weighted by atomic mass is 35.5. The Morgan fingerprint density at radius 3 is 2.33 bits per heavy atom. The number of rotatable bonds is 10. The van der Waals surface area contributed by atoms with Gasteiger partial charge < -0.3 is 10.2 Å². The second kappa shape index (κ2) is 11.7. The fraction of sp³-hybridized carbons (Fsp3) is 0.160. The lowest BCUT2D eigenvalue weighted by atomic mass is 10.2. The second-order valence-corrected chi connectivity index (χ2v) is 9.59. The van der Waals surface area contributed by atoms with Gasteiger partial charge in [0.25, 0.3) is 10.0 Å². The van der Waals surface area contributed by atoms with Gasteiger partial charge in [-0.25, -0.2) is 8.42 Å². The minimum absolute atomic E-state index is 0.102. The Kier molecular flexibility index (Phi) is 8.65. The first kappa shape index (κ1) is 24.5. The number of carbonyl (C=O) groups is 1. The number of hydrogen-bond donors (Lipinski definition) is 2. The first-order chi connectivity index (χ1) is 15.8. The molecule has 0 spiro atoms. The van der Waals surface area contributed by atoms with Crippen molar-refractivity contribution in [3.05, 3.63) is 101 Å². The van der Waals surface area contributed by atoms with Crippen molar-refractivity contribution in [2.45, 2.75) is 11.4 Å². The first-order valence-corrected chi connectivity index (χ1v) is 12.3. The third-order valence-corrected chi connectivity index (χ3v) is 6.53. The zero-order valence-corrected chi connectivity index (χ0v) is 19.8. The van der Waals surface area contributed by atoms with Crippen LogP contribution in [0.2, 0.25) is 5.02 Å². The van der Waals surface area contributed by atoms with Crippen molar-refractivity contribution < 1.29 is 13.2 Å². The number of nitrogens with one attached hydrogen (secondary N) is 2. The van der Waals surface area contributed by atoms with Gasteiger partial charge in [-0.3, -0.25) is 9.52 Å². The Hall–Kier alpha value is -3.13. The fourth-order valence-electron chi connectivity index (χ4n) is 3.08. The molecule has 0 atom stereocenters. The van der Waals surface area contributed by atoms with E-state index in [4.69, 9.17) is 11.6 Å². The molecule has 0 aromatic heterocycles. The van der Waals surface area contributed by atoms with Gasteiger partial charge in [-0.1, -0.05) is 66.2 Å². The molecule has 1 amide bonds. The molecule has 0 unspecified atom stereocenters. The number of para-hydroxylation sites is 1. The molecule has 0 saturated carbocycles. The Morgan fingerprint density at radius 1 is 0.970 bits per heavy atom. The molecule has 6 nitrogen and oxygen atoms in total. The van der Waals surface area contributed by atoms with E-state index in [-0.39, 0.29) is 10.8 Å². The van der Waals surface area contributed by atoms with Gasteiger partial charge in [0.15, 0.2) is 0 Å². The molecule has 0 saturated heterocycles. The molecule has 0 bridgehead atoms. The Bertz CT molecular complexity index is 1200. The molecular formula is C25H26ClN3O3S. The van der Waals surface area contributed by atoms with Crippen LogP contribution in [0.15, 0.2) is 89.8 Å². The van der Waals surface area contributed by atoms with Crippen LogP contribution in [0.1, 0.15) is 11.1 Å². The fourth-order valence-corrected chi connectivity index (χ4v) is 4.40. The normalized spacial score (nSPS) is 11.6. The zero-order valence-electron chi connectivity index (χ0n) is 18.2. The van der Waals surface area contributed by atoms with Gasteiger partial charge in [0, 0.05) is 25.7 Å². The number of hydrogen-bond acceptors (Lipinski definition) is 4. The molecule has 0 radical (unpaired) electrons. The number of carbonyl (C=O) groups excluding carboxylic acids is 1. The number of anilines is 1. The Labute approximate surface area is 199 Å². The van der Waals surface area contributed by atoms with Crippen LogP contribution in [0.5, 0.6) is 0 Å². The molecule has 0 aliphatic carbocycles.